The van der Waals surface area contributed by atoms with E-state index >= 15 is 0 Å². The standard InChI is InChI=1S/C16H26N2O2/c1-12(2)18(13(3)4)11-10-17-16(19)14-8-6-7-9-15(14)20-5/h6-9,12-13H,10-11H2,1-5H3,(H,17,19). The third kappa shape index (κ3) is 4.53. The Labute approximate surface area is 122 Å². The Bertz CT molecular complexity index is 422. The smallest absolute Gasteiger partial charge is 0.255 e. The molecule has 4 heteroatoms. The number of amides is 1. The van der Waals surface area contributed by atoms with Crippen molar-refractivity contribution >= 4 is 5.91 Å². The average molecular weight is 278 g/mol. The first-order valence-electron chi connectivity index (χ1n) is 7.14. The lowest BCUT2D eigenvalue weighted by Gasteiger charge is -2.30. The van der Waals surface area contributed by atoms with Crippen LogP contribution >= 0.6 is 0 Å². The molecular formula is C16H26N2O2. The van der Waals surface area contributed by atoms with Crippen LogP contribution in [0.2, 0.25) is 0 Å². The molecule has 1 amide bonds. The second-order valence-electron chi connectivity index (χ2n) is 5.38. The summed E-state index contributed by atoms with van der Waals surface area (Å²) < 4.78 is 5.20. The van der Waals surface area contributed by atoms with Crippen molar-refractivity contribution in [3.05, 3.63) is 29.8 Å². The second kappa shape index (κ2) is 7.90. The number of para-hydroxylation sites is 1. The molecule has 0 fully saturated rings. The maximum atomic E-state index is 12.1. The van der Waals surface area contributed by atoms with E-state index in [1.807, 2.05) is 12.1 Å². The van der Waals surface area contributed by atoms with Gasteiger partial charge < -0.3 is 10.1 Å². The fourth-order valence-electron chi connectivity index (χ4n) is 2.34. The Hall–Kier alpha value is -1.55. The molecule has 0 aliphatic carbocycles. The Balaban J connectivity index is 2.55. The maximum absolute atomic E-state index is 12.1. The van der Waals surface area contributed by atoms with Gasteiger partial charge in [-0.2, -0.15) is 0 Å². The number of hydrogen-bond acceptors (Lipinski definition) is 3. The second-order valence-corrected chi connectivity index (χ2v) is 5.38. The van der Waals surface area contributed by atoms with Crippen LogP contribution in [-0.2, 0) is 0 Å². The van der Waals surface area contributed by atoms with Crippen molar-refractivity contribution in [2.45, 2.75) is 39.8 Å². The summed E-state index contributed by atoms with van der Waals surface area (Å²) in [5, 5.41) is 2.95. The summed E-state index contributed by atoms with van der Waals surface area (Å²) in [6, 6.07) is 8.21. The summed E-state index contributed by atoms with van der Waals surface area (Å²) in [6.45, 7) is 10.2. The Kier molecular flexibility index (Phi) is 6.52. The lowest BCUT2D eigenvalue weighted by atomic mass is 10.2. The van der Waals surface area contributed by atoms with E-state index in [0.29, 0.717) is 29.9 Å². The van der Waals surface area contributed by atoms with E-state index < -0.39 is 0 Å². The van der Waals surface area contributed by atoms with Crippen molar-refractivity contribution in [3.8, 4) is 5.75 Å². The highest BCUT2D eigenvalue weighted by atomic mass is 16.5. The van der Waals surface area contributed by atoms with Crippen LogP contribution in [0.3, 0.4) is 0 Å². The van der Waals surface area contributed by atoms with Crippen molar-refractivity contribution in [1.29, 1.82) is 0 Å². The molecule has 0 atom stereocenters. The van der Waals surface area contributed by atoms with Gasteiger partial charge in [-0.3, -0.25) is 9.69 Å². The van der Waals surface area contributed by atoms with Crippen LogP contribution in [0.5, 0.6) is 5.75 Å². The van der Waals surface area contributed by atoms with Gasteiger partial charge in [0.2, 0.25) is 0 Å². The number of ether oxygens (including phenoxy) is 1. The number of carbonyl (C=O) groups excluding carboxylic acids is 1. The molecule has 0 radical (unpaired) electrons. The number of methoxy groups -OCH3 is 1. The first kappa shape index (κ1) is 16.5. The third-order valence-corrected chi connectivity index (χ3v) is 3.33. The molecule has 0 aliphatic heterocycles. The Morgan fingerprint density at radius 1 is 1.20 bits per heavy atom. The molecule has 1 rings (SSSR count). The van der Waals surface area contributed by atoms with Crippen molar-refractivity contribution in [2.75, 3.05) is 20.2 Å². The van der Waals surface area contributed by atoms with Crippen molar-refractivity contribution < 1.29 is 9.53 Å². The lowest BCUT2D eigenvalue weighted by molar-refractivity contribution is 0.0936. The van der Waals surface area contributed by atoms with Gasteiger partial charge in [-0.05, 0) is 39.8 Å². The molecule has 1 N–H and O–H groups in total. The van der Waals surface area contributed by atoms with Gasteiger partial charge in [0, 0.05) is 25.2 Å². The summed E-state index contributed by atoms with van der Waals surface area (Å²) in [4.78, 5) is 14.5. The van der Waals surface area contributed by atoms with Crippen LogP contribution in [-0.4, -0.2) is 43.1 Å². The first-order valence-corrected chi connectivity index (χ1v) is 7.14. The fraction of sp³-hybridized carbons (Fsp3) is 0.562. The maximum Gasteiger partial charge on any atom is 0.255 e. The van der Waals surface area contributed by atoms with Crippen LogP contribution < -0.4 is 10.1 Å². The van der Waals surface area contributed by atoms with Crippen LogP contribution in [0.25, 0.3) is 0 Å². The van der Waals surface area contributed by atoms with E-state index in [1.54, 1.807) is 19.2 Å². The minimum absolute atomic E-state index is 0.0880. The monoisotopic (exact) mass is 278 g/mol. The minimum Gasteiger partial charge on any atom is -0.496 e. The van der Waals surface area contributed by atoms with Gasteiger partial charge in [0.1, 0.15) is 5.75 Å². The first-order chi connectivity index (χ1) is 9.47. The molecular weight excluding hydrogens is 252 g/mol. The predicted molar refractivity (Wildman–Crippen MR) is 82.3 cm³/mol. The quantitative estimate of drug-likeness (QED) is 0.833. The van der Waals surface area contributed by atoms with Crippen LogP contribution in [0.1, 0.15) is 38.1 Å². The highest BCUT2D eigenvalue weighted by Gasteiger charge is 2.14. The summed E-state index contributed by atoms with van der Waals surface area (Å²) >= 11 is 0. The molecule has 1 aromatic rings. The van der Waals surface area contributed by atoms with Crippen LogP contribution in [0, 0.1) is 0 Å². The molecule has 0 bridgehead atoms. The number of nitrogens with zero attached hydrogens (tertiary/aromatic N) is 1. The summed E-state index contributed by atoms with van der Waals surface area (Å²) in [5.74, 6) is 0.518. The molecule has 0 unspecified atom stereocenters. The van der Waals surface area contributed by atoms with Gasteiger partial charge in [0.05, 0.1) is 12.7 Å². The zero-order valence-electron chi connectivity index (χ0n) is 13.1. The lowest BCUT2D eigenvalue weighted by Crippen LogP contribution is -2.42. The highest BCUT2D eigenvalue weighted by molar-refractivity contribution is 5.96. The predicted octanol–water partition coefficient (Wildman–Crippen LogP) is 2.54. The topological polar surface area (TPSA) is 41.6 Å². The minimum atomic E-state index is -0.0880. The van der Waals surface area contributed by atoms with E-state index in [1.165, 1.54) is 0 Å². The van der Waals surface area contributed by atoms with Crippen LogP contribution in [0.4, 0.5) is 0 Å². The highest BCUT2D eigenvalue weighted by Crippen LogP contribution is 2.16. The van der Waals surface area contributed by atoms with Crippen molar-refractivity contribution in [1.82, 2.24) is 10.2 Å². The molecule has 0 saturated heterocycles. The van der Waals surface area contributed by atoms with Gasteiger partial charge in [-0.25, -0.2) is 0 Å². The molecule has 4 nitrogen and oxygen atoms in total. The number of nitrogens with one attached hydrogen (secondary N) is 1. The largest absolute Gasteiger partial charge is 0.496 e. The zero-order chi connectivity index (χ0) is 15.1. The van der Waals surface area contributed by atoms with Crippen LogP contribution in [0.15, 0.2) is 24.3 Å². The van der Waals surface area contributed by atoms with Gasteiger partial charge in [0.25, 0.3) is 5.91 Å². The number of rotatable bonds is 7. The van der Waals surface area contributed by atoms with E-state index in [4.69, 9.17) is 4.74 Å². The normalized spacial score (nSPS) is 11.2. The van der Waals surface area contributed by atoms with Crippen molar-refractivity contribution in [2.24, 2.45) is 0 Å². The SMILES string of the molecule is COc1ccccc1C(=O)NCCN(C(C)C)C(C)C. The van der Waals surface area contributed by atoms with Gasteiger partial charge in [0.15, 0.2) is 0 Å². The summed E-state index contributed by atoms with van der Waals surface area (Å²) in [5.41, 5.74) is 0.579. The van der Waals surface area contributed by atoms with Crippen molar-refractivity contribution in [3.63, 3.8) is 0 Å². The zero-order valence-corrected chi connectivity index (χ0v) is 13.1. The van der Waals surface area contributed by atoms with Gasteiger partial charge in [-0.1, -0.05) is 12.1 Å². The summed E-state index contributed by atoms with van der Waals surface area (Å²) in [7, 11) is 1.57. The van der Waals surface area contributed by atoms with Gasteiger partial charge >= 0.3 is 0 Å². The Morgan fingerprint density at radius 2 is 1.80 bits per heavy atom. The molecule has 0 spiro atoms. The molecule has 20 heavy (non-hydrogen) atoms. The molecule has 1 aromatic carbocycles. The van der Waals surface area contributed by atoms with E-state index in [2.05, 4.69) is 37.9 Å². The van der Waals surface area contributed by atoms with E-state index in [0.717, 1.165) is 6.54 Å². The number of benzene rings is 1. The molecule has 112 valence electrons. The van der Waals surface area contributed by atoms with E-state index in [9.17, 15) is 4.79 Å². The number of hydrogen-bond donors (Lipinski definition) is 1. The molecule has 0 aromatic heterocycles. The Morgan fingerprint density at radius 3 is 2.35 bits per heavy atom. The molecule has 0 aliphatic rings. The molecule has 0 saturated carbocycles. The fourth-order valence-corrected chi connectivity index (χ4v) is 2.34. The van der Waals surface area contributed by atoms with Gasteiger partial charge in [-0.15, -0.1) is 0 Å². The third-order valence-electron chi connectivity index (χ3n) is 3.33. The van der Waals surface area contributed by atoms with E-state index in [-0.39, 0.29) is 5.91 Å². The summed E-state index contributed by atoms with van der Waals surface area (Å²) in [6.07, 6.45) is 0. The number of carbonyl (C=O) groups is 1. The average Bonchev–Trinajstić information content (AvgIpc) is 2.42. The molecule has 0 heterocycles.